The molecule has 0 saturated carbocycles. The lowest BCUT2D eigenvalue weighted by Crippen LogP contribution is -2.02. The smallest absolute Gasteiger partial charge is 0.175 e. The molecule has 3 nitrogen and oxygen atoms in total. The summed E-state index contributed by atoms with van der Waals surface area (Å²) in [6.07, 6.45) is 39.8. The van der Waals surface area contributed by atoms with Gasteiger partial charge in [0, 0.05) is 57.0 Å². The Labute approximate surface area is 434 Å². The number of fused-ring (bicyclic) bond motifs is 5. The normalized spacial score (nSPS) is 12.0. The van der Waals surface area contributed by atoms with Gasteiger partial charge in [-0.25, -0.2) is 0 Å². The highest BCUT2D eigenvalue weighted by Crippen LogP contribution is 2.51. The minimum atomic E-state index is 0.738. The monoisotopic (exact) mass is 1010 g/mol. The molecule has 0 aliphatic carbocycles. The summed E-state index contributed by atoms with van der Waals surface area (Å²) in [5.74, 6) is 2.06. The van der Waals surface area contributed by atoms with E-state index in [1.165, 1.54) is 245 Å². The van der Waals surface area contributed by atoms with E-state index in [0.717, 1.165) is 55.6 Å². The Morgan fingerprint density at radius 3 is 1.20 bits per heavy atom. The minimum Gasteiger partial charge on any atom is -0.492 e. The molecule has 7 rings (SSSR count). The lowest BCUT2D eigenvalue weighted by atomic mass is 9.98. The fraction of sp³-hybridized carbons (Fsp3) is 0.613. The van der Waals surface area contributed by atoms with Crippen LogP contribution in [0.1, 0.15) is 223 Å². The number of rotatable bonds is 37. The highest BCUT2D eigenvalue weighted by Gasteiger charge is 2.22. The number of aryl methyl sites for hydroxylation is 2. The number of ether oxygens (including phenoxy) is 3. The van der Waals surface area contributed by atoms with Gasteiger partial charge in [0.1, 0.15) is 11.5 Å². The quantitative estimate of drug-likeness (QED) is 0.0287. The second kappa shape index (κ2) is 29.6. The summed E-state index contributed by atoms with van der Waals surface area (Å²) in [6.45, 7) is 13.7. The Hall–Kier alpha value is -2.84. The third kappa shape index (κ3) is 15.8. The molecule has 0 aliphatic heterocycles. The molecule has 7 heteroatoms. The lowest BCUT2D eigenvalue weighted by Gasteiger charge is -2.19. The van der Waals surface area contributed by atoms with Crippen LogP contribution in [0.3, 0.4) is 0 Å². The van der Waals surface area contributed by atoms with Crippen LogP contribution in [-0.4, -0.2) is 19.8 Å². The maximum atomic E-state index is 7.05. The molecule has 0 saturated heterocycles. The third-order valence-corrected chi connectivity index (χ3v) is 19.1. The third-order valence-electron chi connectivity index (χ3n) is 14.4. The summed E-state index contributed by atoms with van der Waals surface area (Å²) in [5.41, 5.74) is 0. The van der Waals surface area contributed by atoms with E-state index in [1.807, 2.05) is 45.3 Å². The zero-order chi connectivity index (χ0) is 48.0. The van der Waals surface area contributed by atoms with Crippen molar-refractivity contribution in [3.05, 3.63) is 52.2 Å². The molecule has 378 valence electrons. The number of hydrogen-bond acceptors (Lipinski definition) is 7. The van der Waals surface area contributed by atoms with Crippen LogP contribution in [0.25, 0.3) is 61.6 Å². The molecule has 3 aromatic carbocycles. The molecular weight excluding hydrogens is 921 g/mol. The molecule has 0 fully saturated rings. The molecule has 0 unspecified atom stereocenters. The maximum Gasteiger partial charge on any atom is 0.175 e. The van der Waals surface area contributed by atoms with E-state index >= 15 is 0 Å². The van der Waals surface area contributed by atoms with Crippen molar-refractivity contribution in [2.75, 3.05) is 19.8 Å². The van der Waals surface area contributed by atoms with Gasteiger partial charge in [0.05, 0.1) is 29.4 Å². The molecule has 0 N–H and O–H groups in total. The first-order valence-electron chi connectivity index (χ1n) is 28.3. The Balaban J connectivity index is 1.11. The Kier molecular flexibility index (Phi) is 23.2. The zero-order valence-electron chi connectivity index (χ0n) is 43.7. The molecule has 4 aromatic heterocycles. The van der Waals surface area contributed by atoms with Crippen molar-refractivity contribution in [3.8, 4) is 26.3 Å². The fourth-order valence-electron chi connectivity index (χ4n) is 10.4. The lowest BCUT2D eigenvalue weighted by molar-refractivity contribution is 0.306. The number of thiophene rings is 4. The van der Waals surface area contributed by atoms with Gasteiger partial charge >= 0.3 is 0 Å². The molecule has 0 bridgehead atoms. The van der Waals surface area contributed by atoms with Crippen LogP contribution in [0.4, 0.5) is 0 Å². The van der Waals surface area contributed by atoms with Crippen LogP contribution in [0.15, 0.2) is 42.5 Å². The average molecular weight is 1010 g/mol. The molecule has 0 atom stereocenters. The second-order valence-corrected chi connectivity index (χ2v) is 25.0. The Morgan fingerprint density at radius 2 is 0.739 bits per heavy atom. The van der Waals surface area contributed by atoms with Crippen LogP contribution in [0, 0.1) is 13.8 Å². The van der Waals surface area contributed by atoms with Gasteiger partial charge in [0.2, 0.25) is 0 Å². The first-order chi connectivity index (χ1) is 34.0. The fourth-order valence-corrected chi connectivity index (χ4v) is 14.8. The van der Waals surface area contributed by atoms with E-state index in [4.69, 9.17) is 14.2 Å². The van der Waals surface area contributed by atoms with Gasteiger partial charge in [-0.3, -0.25) is 0 Å². The minimum absolute atomic E-state index is 0.738. The maximum absolute atomic E-state index is 7.05. The van der Waals surface area contributed by atoms with E-state index in [-0.39, 0.29) is 0 Å². The molecule has 7 aromatic rings. The van der Waals surface area contributed by atoms with Crippen LogP contribution >= 0.6 is 45.3 Å². The summed E-state index contributed by atoms with van der Waals surface area (Å²) >= 11 is 7.58. The van der Waals surface area contributed by atoms with Crippen molar-refractivity contribution in [1.82, 2.24) is 0 Å². The zero-order valence-corrected chi connectivity index (χ0v) is 47.0. The van der Waals surface area contributed by atoms with Crippen molar-refractivity contribution in [3.63, 3.8) is 0 Å². The van der Waals surface area contributed by atoms with E-state index in [1.54, 1.807) is 0 Å². The van der Waals surface area contributed by atoms with E-state index in [9.17, 15) is 0 Å². The van der Waals surface area contributed by atoms with Crippen molar-refractivity contribution in [2.24, 2.45) is 0 Å². The second-order valence-electron chi connectivity index (χ2n) is 20.4. The van der Waals surface area contributed by atoms with Crippen molar-refractivity contribution < 1.29 is 14.2 Å². The number of unbranched alkanes of at least 4 members (excludes halogenated alkanes) is 27. The molecule has 0 radical (unpaired) electrons. The predicted molar refractivity (Wildman–Crippen MR) is 312 cm³/mol. The van der Waals surface area contributed by atoms with Crippen LogP contribution in [-0.2, 0) is 0 Å². The van der Waals surface area contributed by atoms with Crippen molar-refractivity contribution in [1.29, 1.82) is 0 Å². The summed E-state index contributed by atoms with van der Waals surface area (Å²) in [5, 5.41) is 9.74. The first kappa shape index (κ1) is 53.9. The van der Waals surface area contributed by atoms with Crippen molar-refractivity contribution >= 4 is 97.2 Å². The molecular formula is C62H88O3S4. The summed E-state index contributed by atoms with van der Waals surface area (Å²) in [4.78, 5) is 5.43. The molecule has 0 amide bonds. The Bertz CT molecular complexity index is 2450. The van der Waals surface area contributed by atoms with Gasteiger partial charge in [-0.1, -0.05) is 205 Å². The van der Waals surface area contributed by atoms with Gasteiger partial charge in [0.15, 0.2) is 5.06 Å². The molecule has 0 aliphatic rings. The standard InChI is InChI=1S/C62H88O3S4/c1-6-9-12-15-18-21-24-27-30-33-36-63-58-45-54-61(69-58)47(5)67-62(54)57-42-49-41-51-53(44-56(49)68-57)59(64-37-34-31-28-25-22-19-16-13-10-7-2)50-40-48-39-46(4)66-55(48)43-52(50)60(51)65-38-35-32-29-26-23-20-17-14-11-8-3/h39-45H,6-38H2,1-5H3. The van der Waals surface area contributed by atoms with Crippen molar-refractivity contribution in [2.45, 2.75) is 227 Å². The first-order valence-corrected chi connectivity index (χ1v) is 31.5. The van der Waals surface area contributed by atoms with E-state index < -0.39 is 0 Å². The number of hydrogen-bond donors (Lipinski definition) is 0. The topological polar surface area (TPSA) is 27.7 Å². The molecule has 0 spiro atoms. The largest absolute Gasteiger partial charge is 0.492 e. The highest BCUT2D eigenvalue weighted by molar-refractivity contribution is 7.30. The van der Waals surface area contributed by atoms with Gasteiger partial charge in [-0.15, -0.1) is 34.0 Å². The van der Waals surface area contributed by atoms with Crippen LogP contribution < -0.4 is 14.2 Å². The van der Waals surface area contributed by atoms with Crippen LogP contribution in [0.2, 0.25) is 0 Å². The summed E-state index contributed by atoms with van der Waals surface area (Å²) in [7, 11) is 0. The highest BCUT2D eigenvalue weighted by atomic mass is 32.1. The van der Waals surface area contributed by atoms with E-state index in [2.05, 4.69) is 77.1 Å². The van der Waals surface area contributed by atoms with Gasteiger partial charge in [0.25, 0.3) is 0 Å². The number of benzene rings is 3. The SMILES string of the molecule is CCCCCCCCCCCCOc1cc2c(-c3cc4cc5c(OCCCCCCCCCCCC)c6cc7sc(C)cc7cc6c(OCCCCCCCCCCCC)c5cc4s3)sc(C)c2s1. The van der Waals surface area contributed by atoms with Gasteiger partial charge in [-0.2, -0.15) is 0 Å². The predicted octanol–water partition coefficient (Wildman–Crippen LogP) is 22.9. The van der Waals surface area contributed by atoms with Crippen LogP contribution in [0.5, 0.6) is 16.6 Å². The molecule has 69 heavy (non-hydrogen) atoms. The van der Waals surface area contributed by atoms with Gasteiger partial charge < -0.3 is 14.2 Å². The molecule has 4 heterocycles. The summed E-state index contributed by atoms with van der Waals surface area (Å²) < 4.78 is 24.5. The summed E-state index contributed by atoms with van der Waals surface area (Å²) in [6, 6.07) is 16.8. The Morgan fingerprint density at radius 1 is 0.348 bits per heavy atom. The van der Waals surface area contributed by atoms with Gasteiger partial charge in [-0.05, 0) is 80.3 Å². The average Bonchev–Trinajstić information content (AvgIpc) is 4.13. The van der Waals surface area contributed by atoms with E-state index in [0.29, 0.717) is 0 Å².